The fourth-order valence-electron chi connectivity index (χ4n) is 3.06. The van der Waals surface area contributed by atoms with Crippen molar-refractivity contribution in [3.05, 3.63) is 65.5 Å². The van der Waals surface area contributed by atoms with Crippen LogP contribution in [0.25, 0.3) is 0 Å². The summed E-state index contributed by atoms with van der Waals surface area (Å²) in [5.41, 5.74) is 1.83. The highest BCUT2D eigenvalue weighted by molar-refractivity contribution is 6.63. The van der Waals surface area contributed by atoms with Gasteiger partial charge in [0.05, 0.1) is 20.3 Å². The van der Waals surface area contributed by atoms with Gasteiger partial charge in [-0.3, -0.25) is 4.99 Å². The summed E-state index contributed by atoms with van der Waals surface area (Å²) < 4.78 is 34.5. The zero-order chi connectivity index (χ0) is 21.7. The molecule has 30 heavy (non-hydrogen) atoms. The number of nitrogens with zero attached hydrogens (tertiary/aromatic N) is 1. The molecule has 1 aliphatic rings. The minimum Gasteiger partial charge on any atom is -0.467 e. The van der Waals surface area contributed by atoms with Crippen LogP contribution >= 0.6 is 0 Å². The van der Waals surface area contributed by atoms with Crippen molar-refractivity contribution >= 4 is 30.7 Å². The minimum absolute atomic E-state index is 0.139. The molecular formula is C21H21BFNO6. The van der Waals surface area contributed by atoms with Gasteiger partial charge in [-0.2, -0.15) is 0 Å². The van der Waals surface area contributed by atoms with Crippen molar-refractivity contribution in [2.24, 2.45) is 4.99 Å². The smallest absolute Gasteiger partial charge is 0.467 e. The molecule has 0 spiro atoms. The van der Waals surface area contributed by atoms with E-state index in [0.717, 1.165) is 5.56 Å². The van der Waals surface area contributed by atoms with Crippen LogP contribution in [-0.2, 0) is 28.4 Å². The molecule has 0 bridgehead atoms. The molecule has 0 aliphatic carbocycles. The quantitative estimate of drug-likeness (QED) is 0.408. The number of esters is 2. The molecule has 0 amide bonds. The molecule has 2 aromatic carbocycles. The van der Waals surface area contributed by atoms with Gasteiger partial charge in [0.15, 0.2) is 12.2 Å². The van der Waals surface area contributed by atoms with Crippen LogP contribution in [0.4, 0.5) is 4.39 Å². The second kappa shape index (κ2) is 9.64. The van der Waals surface area contributed by atoms with Crippen LogP contribution in [0, 0.1) is 5.82 Å². The number of carbonyl (C=O) groups is 2. The maximum absolute atomic E-state index is 14.0. The van der Waals surface area contributed by atoms with Gasteiger partial charge in [0.1, 0.15) is 5.82 Å². The Morgan fingerprint density at radius 2 is 1.67 bits per heavy atom. The third-order valence-corrected chi connectivity index (χ3v) is 4.70. The third-order valence-electron chi connectivity index (χ3n) is 4.70. The minimum atomic E-state index is -1.33. The van der Waals surface area contributed by atoms with E-state index in [9.17, 15) is 14.0 Å². The van der Waals surface area contributed by atoms with E-state index in [0.29, 0.717) is 11.0 Å². The largest absolute Gasteiger partial charge is 0.496 e. The van der Waals surface area contributed by atoms with E-state index in [1.54, 1.807) is 6.21 Å². The van der Waals surface area contributed by atoms with E-state index in [1.807, 2.05) is 37.3 Å². The molecule has 1 aliphatic heterocycles. The first-order valence-corrected chi connectivity index (χ1v) is 9.28. The molecule has 1 saturated heterocycles. The van der Waals surface area contributed by atoms with Gasteiger partial charge in [-0.1, -0.05) is 36.4 Å². The van der Waals surface area contributed by atoms with E-state index in [1.165, 1.54) is 32.4 Å². The number of carbonyl (C=O) groups excluding carboxylic acids is 2. The Kier molecular flexibility index (Phi) is 6.97. The molecule has 0 radical (unpaired) electrons. The highest BCUT2D eigenvalue weighted by Crippen LogP contribution is 2.21. The van der Waals surface area contributed by atoms with Crippen molar-refractivity contribution in [1.82, 2.24) is 0 Å². The van der Waals surface area contributed by atoms with E-state index in [4.69, 9.17) is 9.31 Å². The number of rotatable bonds is 6. The number of aliphatic imine (C=N–C) groups is 1. The summed E-state index contributed by atoms with van der Waals surface area (Å²) in [7, 11) is 1.15. The van der Waals surface area contributed by atoms with Gasteiger partial charge in [0.25, 0.3) is 0 Å². The fraction of sp³-hybridized carbons (Fsp3) is 0.286. The molecule has 1 heterocycles. The summed E-state index contributed by atoms with van der Waals surface area (Å²) >= 11 is 0. The van der Waals surface area contributed by atoms with E-state index < -0.39 is 37.1 Å². The summed E-state index contributed by atoms with van der Waals surface area (Å²) in [6.07, 6.45) is -1.08. The van der Waals surface area contributed by atoms with Gasteiger partial charge in [-0.15, -0.1) is 0 Å². The molecule has 2 aromatic rings. The predicted octanol–water partition coefficient (Wildman–Crippen LogP) is 1.83. The molecule has 1 fully saturated rings. The highest BCUT2D eigenvalue weighted by Gasteiger charge is 2.50. The van der Waals surface area contributed by atoms with Crippen LogP contribution in [0.3, 0.4) is 0 Å². The number of ether oxygens (including phenoxy) is 2. The van der Waals surface area contributed by atoms with Crippen LogP contribution in [0.5, 0.6) is 0 Å². The average molecular weight is 413 g/mol. The molecule has 3 atom stereocenters. The van der Waals surface area contributed by atoms with Crippen LogP contribution < -0.4 is 5.46 Å². The zero-order valence-electron chi connectivity index (χ0n) is 16.8. The van der Waals surface area contributed by atoms with E-state index in [2.05, 4.69) is 14.5 Å². The molecule has 3 rings (SSSR count). The lowest BCUT2D eigenvalue weighted by molar-refractivity contribution is -0.160. The number of benzene rings is 2. The Balaban J connectivity index is 1.89. The van der Waals surface area contributed by atoms with Crippen LogP contribution in [0.1, 0.15) is 24.1 Å². The predicted molar refractivity (Wildman–Crippen MR) is 108 cm³/mol. The first-order chi connectivity index (χ1) is 14.4. The summed E-state index contributed by atoms with van der Waals surface area (Å²) in [5.74, 6) is -2.11. The summed E-state index contributed by atoms with van der Waals surface area (Å²) in [5, 5.41) is 0. The van der Waals surface area contributed by atoms with Crippen molar-refractivity contribution in [1.29, 1.82) is 0 Å². The van der Waals surface area contributed by atoms with Crippen LogP contribution in [0.15, 0.2) is 53.5 Å². The first kappa shape index (κ1) is 21.7. The van der Waals surface area contributed by atoms with Crippen molar-refractivity contribution in [2.75, 3.05) is 14.2 Å². The van der Waals surface area contributed by atoms with Crippen molar-refractivity contribution in [3.8, 4) is 0 Å². The van der Waals surface area contributed by atoms with Crippen molar-refractivity contribution < 1.29 is 32.8 Å². The lowest BCUT2D eigenvalue weighted by Gasteiger charge is -2.13. The van der Waals surface area contributed by atoms with Crippen LogP contribution in [-0.4, -0.2) is 51.7 Å². The molecule has 0 aromatic heterocycles. The molecule has 0 unspecified atom stereocenters. The number of hydrogen-bond donors (Lipinski definition) is 0. The van der Waals surface area contributed by atoms with Gasteiger partial charge in [0, 0.05) is 6.21 Å². The maximum atomic E-state index is 14.0. The summed E-state index contributed by atoms with van der Waals surface area (Å²) in [4.78, 5) is 28.5. The van der Waals surface area contributed by atoms with Crippen molar-refractivity contribution in [3.63, 3.8) is 0 Å². The van der Waals surface area contributed by atoms with Gasteiger partial charge in [-0.05, 0) is 35.6 Å². The van der Waals surface area contributed by atoms with Gasteiger partial charge >= 0.3 is 19.1 Å². The summed E-state index contributed by atoms with van der Waals surface area (Å²) in [6.45, 7) is 1.93. The Morgan fingerprint density at radius 3 is 2.23 bits per heavy atom. The summed E-state index contributed by atoms with van der Waals surface area (Å²) in [6, 6.07) is 13.6. The second-order valence-corrected chi connectivity index (χ2v) is 6.63. The SMILES string of the molecule is COC(=O)[C@H]1OB(c2cc(F)ccc2C=N[C@@H](C)c2ccccc2)O[C@@H]1C(=O)OC. The Hall–Kier alpha value is -3.04. The Labute approximate surface area is 173 Å². The Morgan fingerprint density at radius 1 is 1.07 bits per heavy atom. The van der Waals surface area contributed by atoms with Gasteiger partial charge < -0.3 is 18.8 Å². The zero-order valence-corrected chi connectivity index (χ0v) is 16.8. The monoisotopic (exact) mass is 413 g/mol. The third kappa shape index (κ3) is 4.75. The molecule has 9 heteroatoms. The van der Waals surface area contributed by atoms with E-state index >= 15 is 0 Å². The van der Waals surface area contributed by atoms with Gasteiger partial charge in [-0.25, -0.2) is 14.0 Å². The van der Waals surface area contributed by atoms with E-state index in [-0.39, 0.29) is 6.04 Å². The first-order valence-electron chi connectivity index (χ1n) is 9.28. The van der Waals surface area contributed by atoms with Crippen molar-refractivity contribution in [2.45, 2.75) is 25.2 Å². The second-order valence-electron chi connectivity index (χ2n) is 6.63. The normalized spacial score (nSPS) is 19.7. The standard InChI is InChI=1S/C21H21BFNO6/c1-13(14-7-5-4-6-8-14)24-12-15-9-10-16(23)11-17(15)22-29-18(20(25)27-2)19(30-22)21(26)28-3/h4-13,18-19H,1-3H3/t13-,18-,19-/m0/s1. The van der Waals surface area contributed by atoms with Crippen LogP contribution in [0.2, 0.25) is 0 Å². The van der Waals surface area contributed by atoms with Gasteiger partial charge in [0.2, 0.25) is 0 Å². The maximum Gasteiger partial charge on any atom is 0.496 e. The molecule has 0 saturated carbocycles. The highest BCUT2D eigenvalue weighted by atomic mass is 19.1. The number of halogens is 1. The molecule has 156 valence electrons. The molecule has 0 N–H and O–H groups in total. The Bertz CT molecular complexity index is 914. The number of methoxy groups -OCH3 is 2. The lowest BCUT2D eigenvalue weighted by atomic mass is 9.76. The average Bonchev–Trinajstić information content (AvgIpc) is 3.22. The number of hydrogen-bond acceptors (Lipinski definition) is 7. The fourth-order valence-corrected chi connectivity index (χ4v) is 3.06. The lowest BCUT2D eigenvalue weighted by Crippen LogP contribution is -2.38. The molecule has 7 nitrogen and oxygen atoms in total. The molecular weight excluding hydrogens is 392 g/mol. The topological polar surface area (TPSA) is 83.4 Å².